The minimum Gasteiger partial charge on any atom is -0.383 e. The van der Waals surface area contributed by atoms with Crippen molar-refractivity contribution in [3.05, 3.63) is 11.6 Å². The van der Waals surface area contributed by atoms with E-state index in [2.05, 4.69) is 20.4 Å². The van der Waals surface area contributed by atoms with Crippen LogP contribution in [0.4, 0.5) is 0 Å². The van der Waals surface area contributed by atoms with Crippen molar-refractivity contribution in [2.45, 2.75) is 39.2 Å². The molecule has 1 saturated heterocycles. The van der Waals surface area contributed by atoms with Crippen LogP contribution in [0, 0.1) is 18.8 Å². The van der Waals surface area contributed by atoms with Crippen LogP contribution in [-0.2, 0) is 18.3 Å². The monoisotopic (exact) mass is 334 g/mol. The van der Waals surface area contributed by atoms with E-state index in [-0.39, 0.29) is 0 Å². The summed E-state index contributed by atoms with van der Waals surface area (Å²) in [7, 11) is 3.72. The second-order valence-corrected chi connectivity index (χ2v) is 6.99. The number of hydrogen-bond acceptors (Lipinski definition) is 4. The molecule has 2 atom stereocenters. The molecule has 0 aromatic carbocycles. The molecular formula is C17H30N6O. The van der Waals surface area contributed by atoms with E-state index in [4.69, 9.17) is 9.73 Å². The Morgan fingerprint density at radius 3 is 2.54 bits per heavy atom. The smallest absolute Gasteiger partial charge is 0.194 e. The zero-order valence-corrected chi connectivity index (χ0v) is 15.2. The summed E-state index contributed by atoms with van der Waals surface area (Å²) in [5, 5.41) is 11.8. The number of aromatic nitrogens is 3. The van der Waals surface area contributed by atoms with Gasteiger partial charge >= 0.3 is 0 Å². The molecule has 1 aromatic rings. The topological polar surface area (TPSA) is 67.6 Å². The Bertz CT molecular complexity index is 555. The molecule has 0 bridgehead atoms. The lowest BCUT2D eigenvalue weighted by Gasteiger charge is -2.22. The minimum atomic E-state index is 0.554. The quantitative estimate of drug-likeness (QED) is 0.500. The van der Waals surface area contributed by atoms with Gasteiger partial charge in [0.1, 0.15) is 12.4 Å². The number of rotatable bonds is 5. The average molecular weight is 334 g/mol. The van der Waals surface area contributed by atoms with Gasteiger partial charge in [0, 0.05) is 33.8 Å². The van der Waals surface area contributed by atoms with E-state index >= 15 is 0 Å². The highest BCUT2D eigenvalue weighted by Crippen LogP contribution is 2.35. The third kappa shape index (κ3) is 3.88. The molecule has 24 heavy (non-hydrogen) atoms. The third-order valence-corrected chi connectivity index (χ3v) is 5.42. The molecular weight excluding hydrogens is 304 g/mol. The first kappa shape index (κ1) is 17.2. The van der Waals surface area contributed by atoms with Gasteiger partial charge in [0.05, 0.1) is 6.61 Å². The predicted octanol–water partition coefficient (Wildman–Crippen LogP) is 1.34. The number of guanidine groups is 1. The fraction of sp³-hybridized carbons (Fsp3) is 0.824. The number of nitrogens with one attached hydrogen (secondary N) is 1. The number of likely N-dealkylation sites (tertiary alicyclic amines) is 1. The van der Waals surface area contributed by atoms with Gasteiger partial charge in [-0.1, -0.05) is 12.8 Å². The van der Waals surface area contributed by atoms with E-state index in [1.165, 1.54) is 25.7 Å². The second kappa shape index (κ2) is 7.96. The third-order valence-electron chi connectivity index (χ3n) is 5.42. The molecule has 7 heteroatoms. The summed E-state index contributed by atoms with van der Waals surface area (Å²) in [5.74, 6) is 4.48. The maximum Gasteiger partial charge on any atom is 0.194 e. The Hall–Kier alpha value is -1.63. The summed E-state index contributed by atoms with van der Waals surface area (Å²) in [6, 6.07) is 0. The van der Waals surface area contributed by atoms with Crippen LogP contribution in [0.15, 0.2) is 4.99 Å². The molecule has 0 spiro atoms. The standard InChI is InChI=1S/C17H30N6O/c1-13-20-21-16(22(13)2)10-19-17(18-8-9-24-3)23-11-14-6-4-5-7-15(14)12-23/h14-15H,4-12H2,1-3H3,(H,18,19). The van der Waals surface area contributed by atoms with Crippen LogP contribution in [0.2, 0.25) is 0 Å². The number of fused-ring (bicyclic) bond motifs is 1. The Morgan fingerprint density at radius 1 is 1.25 bits per heavy atom. The van der Waals surface area contributed by atoms with Crippen molar-refractivity contribution in [1.82, 2.24) is 25.0 Å². The van der Waals surface area contributed by atoms with E-state index in [9.17, 15) is 0 Å². The van der Waals surface area contributed by atoms with Gasteiger partial charge in [0.2, 0.25) is 0 Å². The van der Waals surface area contributed by atoms with E-state index in [1.54, 1.807) is 7.11 Å². The largest absolute Gasteiger partial charge is 0.383 e. The first-order chi connectivity index (χ1) is 11.7. The zero-order valence-electron chi connectivity index (χ0n) is 15.2. The van der Waals surface area contributed by atoms with Gasteiger partial charge in [-0.3, -0.25) is 0 Å². The molecule has 1 aliphatic carbocycles. The SMILES string of the molecule is COCCNC(=NCc1nnc(C)n1C)N1CC2CCCCC2C1. The van der Waals surface area contributed by atoms with Crippen LogP contribution in [0.5, 0.6) is 0 Å². The molecule has 0 radical (unpaired) electrons. The van der Waals surface area contributed by atoms with Gasteiger partial charge in [-0.25, -0.2) is 4.99 Å². The van der Waals surface area contributed by atoms with Crippen LogP contribution in [-0.4, -0.2) is 59.0 Å². The molecule has 3 rings (SSSR count). The zero-order chi connectivity index (χ0) is 16.9. The molecule has 1 aromatic heterocycles. The van der Waals surface area contributed by atoms with E-state index in [1.807, 2.05) is 18.5 Å². The first-order valence-corrected chi connectivity index (χ1v) is 9.06. The van der Waals surface area contributed by atoms with Gasteiger partial charge in [0.15, 0.2) is 11.8 Å². The lowest BCUT2D eigenvalue weighted by atomic mass is 9.82. The molecule has 1 N–H and O–H groups in total. The van der Waals surface area contributed by atoms with Gasteiger partial charge in [-0.2, -0.15) is 0 Å². The summed E-state index contributed by atoms with van der Waals surface area (Å²) < 4.78 is 7.17. The summed E-state index contributed by atoms with van der Waals surface area (Å²) in [5.41, 5.74) is 0. The fourth-order valence-corrected chi connectivity index (χ4v) is 3.85. The minimum absolute atomic E-state index is 0.554. The van der Waals surface area contributed by atoms with Crippen LogP contribution >= 0.6 is 0 Å². The molecule has 0 amide bonds. The molecule has 2 fully saturated rings. The Kier molecular flexibility index (Phi) is 5.71. The van der Waals surface area contributed by atoms with Crippen molar-refractivity contribution in [3.63, 3.8) is 0 Å². The van der Waals surface area contributed by atoms with E-state index in [0.717, 1.165) is 49.1 Å². The van der Waals surface area contributed by atoms with Crippen molar-refractivity contribution >= 4 is 5.96 Å². The maximum absolute atomic E-state index is 5.17. The van der Waals surface area contributed by atoms with Crippen molar-refractivity contribution in [2.24, 2.45) is 23.9 Å². The summed E-state index contributed by atoms with van der Waals surface area (Å²) >= 11 is 0. The highest BCUT2D eigenvalue weighted by molar-refractivity contribution is 5.80. The average Bonchev–Trinajstić information content (AvgIpc) is 3.15. The summed E-state index contributed by atoms with van der Waals surface area (Å²) in [6.07, 6.45) is 5.51. The van der Waals surface area contributed by atoms with Gasteiger partial charge in [-0.15, -0.1) is 10.2 Å². The second-order valence-electron chi connectivity index (χ2n) is 6.99. The summed E-state index contributed by atoms with van der Waals surface area (Å²) in [6.45, 7) is 6.23. The number of nitrogens with zero attached hydrogens (tertiary/aromatic N) is 5. The van der Waals surface area contributed by atoms with E-state index in [0.29, 0.717) is 13.2 Å². The molecule has 1 aliphatic heterocycles. The number of methoxy groups -OCH3 is 1. The van der Waals surface area contributed by atoms with Crippen molar-refractivity contribution in [3.8, 4) is 0 Å². The lowest BCUT2D eigenvalue weighted by molar-refractivity contribution is 0.203. The number of ether oxygens (including phenoxy) is 1. The summed E-state index contributed by atoms with van der Waals surface area (Å²) in [4.78, 5) is 7.26. The molecule has 2 heterocycles. The van der Waals surface area contributed by atoms with Crippen LogP contribution in [0.25, 0.3) is 0 Å². The fourth-order valence-electron chi connectivity index (χ4n) is 3.85. The molecule has 1 saturated carbocycles. The van der Waals surface area contributed by atoms with Crippen LogP contribution in [0.3, 0.4) is 0 Å². The first-order valence-electron chi connectivity index (χ1n) is 9.06. The van der Waals surface area contributed by atoms with Crippen molar-refractivity contribution in [2.75, 3.05) is 33.4 Å². The Morgan fingerprint density at radius 2 is 1.96 bits per heavy atom. The van der Waals surface area contributed by atoms with Gasteiger partial charge in [-0.05, 0) is 31.6 Å². The number of aliphatic imine (C=N–C) groups is 1. The van der Waals surface area contributed by atoms with E-state index < -0.39 is 0 Å². The molecule has 2 aliphatic rings. The maximum atomic E-state index is 5.17. The highest BCUT2D eigenvalue weighted by Gasteiger charge is 2.35. The Labute approximate surface area is 144 Å². The van der Waals surface area contributed by atoms with Crippen molar-refractivity contribution < 1.29 is 4.74 Å². The van der Waals surface area contributed by atoms with Crippen molar-refractivity contribution in [1.29, 1.82) is 0 Å². The highest BCUT2D eigenvalue weighted by atomic mass is 16.5. The van der Waals surface area contributed by atoms with Gasteiger partial charge in [0.25, 0.3) is 0 Å². The number of aryl methyl sites for hydroxylation is 1. The molecule has 134 valence electrons. The molecule has 7 nitrogen and oxygen atoms in total. The Balaban J connectivity index is 1.68. The lowest BCUT2D eigenvalue weighted by Crippen LogP contribution is -2.41. The molecule has 2 unspecified atom stereocenters. The predicted molar refractivity (Wildman–Crippen MR) is 93.8 cm³/mol. The van der Waals surface area contributed by atoms with Gasteiger partial charge < -0.3 is 19.5 Å². The van der Waals surface area contributed by atoms with Crippen LogP contribution in [0.1, 0.15) is 37.3 Å². The van der Waals surface area contributed by atoms with Crippen LogP contribution < -0.4 is 5.32 Å². The normalized spacial score (nSPS) is 24.3. The number of hydrogen-bond donors (Lipinski definition) is 1.